The molecule has 0 fully saturated rings. The molecule has 0 atom stereocenters. The topological polar surface area (TPSA) is 104 Å². The van der Waals surface area contributed by atoms with Gasteiger partial charge in [0, 0.05) is 23.1 Å². The van der Waals surface area contributed by atoms with Crippen molar-refractivity contribution in [3.05, 3.63) is 76.1 Å². The van der Waals surface area contributed by atoms with Gasteiger partial charge in [-0.25, -0.2) is 4.79 Å². The van der Waals surface area contributed by atoms with E-state index < -0.39 is 5.63 Å². The van der Waals surface area contributed by atoms with Crippen LogP contribution in [-0.4, -0.2) is 25.1 Å². The molecular formula is C20H18N2O5. The minimum atomic E-state index is -0.425. The molecule has 3 rings (SSSR count). The van der Waals surface area contributed by atoms with E-state index in [-0.39, 0.29) is 24.6 Å². The summed E-state index contributed by atoms with van der Waals surface area (Å²) >= 11 is 0. The fourth-order valence-electron chi connectivity index (χ4n) is 2.61. The van der Waals surface area contributed by atoms with Crippen molar-refractivity contribution in [1.82, 2.24) is 0 Å². The lowest BCUT2D eigenvalue weighted by molar-refractivity contribution is -0.111. The first-order chi connectivity index (χ1) is 13.1. The molecule has 1 heterocycles. The van der Waals surface area contributed by atoms with Crippen LogP contribution in [0, 0.1) is 0 Å². The van der Waals surface area contributed by atoms with Gasteiger partial charge in [-0.05, 0) is 23.8 Å². The first-order valence-corrected chi connectivity index (χ1v) is 8.22. The number of ether oxygens (including phenoxy) is 1. The van der Waals surface area contributed by atoms with E-state index in [0.29, 0.717) is 16.9 Å². The van der Waals surface area contributed by atoms with Crippen molar-refractivity contribution in [1.29, 1.82) is 0 Å². The maximum absolute atomic E-state index is 12.1. The van der Waals surface area contributed by atoms with E-state index in [1.165, 1.54) is 13.2 Å². The molecule has 0 saturated heterocycles. The van der Waals surface area contributed by atoms with Gasteiger partial charge in [-0.2, -0.15) is 0 Å². The number of nitrogens with two attached hydrogens (primary N) is 1. The predicted molar refractivity (Wildman–Crippen MR) is 101 cm³/mol. The second kappa shape index (κ2) is 8.29. The molecule has 2 N–H and O–H groups in total. The van der Waals surface area contributed by atoms with E-state index in [1.807, 2.05) is 12.1 Å². The Bertz CT molecular complexity index is 1060. The fraction of sp³-hybridized carbons (Fsp3) is 0.150. The highest BCUT2D eigenvalue weighted by atomic mass is 16.6. The Balaban J connectivity index is 1.87. The van der Waals surface area contributed by atoms with Crippen LogP contribution in [0.4, 0.5) is 0 Å². The van der Waals surface area contributed by atoms with Crippen LogP contribution in [0.2, 0.25) is 0 Å². The van der Waals surface area contributed by atoms with Crippen LogP contribution in [0.1, 0.15) is 11.1 Å². The Labute approximate surface area is 155 Å². The summed E-state index contributed by atoms with van der Waals surface area (Å²) in [6, 6.07) is 15.5. The van der Waals surface area contributed by atoms with Gasteiger partial charge in [-0.1, -0.05) is 29.4 Å². The normalized spacial score (nSPS) is 11.4. The number of Topliss-reactive ketones (excluding diaryl/α,β-unsaturated/α-hetero) is 1. The highest BCUT2D eigenvalue weighted by Gasteiger charge is 2.17. The van der Waals surface area contributed by atoms with Crippen molar-refractivity contribution in [3.8, 4) is 5.75 Å². The molecule has 0 saturated carbocycles. The summed E-state index contributed by atoms with van der Waals surface area (Å²) in [5.41, 5.74) is 6.95. The first kappa shape index (κ1) is 18.3. The van der Waals surface area contributed by atoms with Crippen molar-refractivity contribution < 1.29 is 18.8 Å². The van der Waals surface area contributed by atoms with Crippen molar-refractivity contribution in [2.24, 2.45) is 10.9 Å². The SMILES string of the molecule is CO/N=C(/C(=O)CN)c1ccccc1COc1ccc2ccc(=O)oc2c1. The van der Waals surface area contributed by atoms with Crippen LogP contribution in [0.5, 0.6) is 5.75 Å². The largest absolute Gasteiger partial charge is 0.489 e. The van der Waals surface area contributed by atoms with Gasteiger partial charge >= 0.3 is 5.63 Å². The molecule has 0 aliphatic heterocycles. The quantitative estimate of drug-likeness (QED) is 0.391. The number of nitrogens with zero attached hydrogens (tertiary/aromatic N) is 1. The van der Waals surface area contributed by atoms with Crippen molar-refractivity contribution in [3.63, 3.8) is 0 Å². The number of carbonyl (C=O) groups excluding carboxylic acids is 1. The average Bonchev–Trinajstić information content (AvgIpc) is 2.70. The summed E-state index contributed by atoms with van der Waals surface area (Å²) in [5.74, 6) is 0.193. The molecule has 0 radical (unpaired) electrons. The summed E-state index contributed by atoms with van der Waals surface area (Å²) in [6.45, 7) is 0.000420. The summed E-state index contributed by atoms with van der Waals surface area (Å²) in [6.07, 6.45) is 0. The monoisotopic (exact) mass is 366 g/mol. The van der Waals surface area contributed by atoms with E-state index in [1.54, 1.807) is 36.4 Å². The molecule has 27 heavy (non-hydrogen) atoms. The van der Waals surface area contributed by atoms with Crippen molar-refractivity contribution in [2.45, 2.75) is 6.61 Å². The van der Waals surface area contributed by atoms with Gasteiger partial charge in [-0.3, -0.25) is 4.79 Å². The maximum atomic E-state index is 12.1. The number of fused-ring (bicyclic) bond motifs is 1. The summed E-state index contributed by atoms with van der Waals surface area (Å²) in [4.78, 5) is 28.2. The Hall–Kier alpha value is -3.45. The van der Waals surface area contributed by atoms with Gasteiger partial charge < -0.3 is 19.7 Å². The zero-order valence-electron chi connectivity index (χ0n) is 14.7. The van der Waals surface area contributed by atoms with E-state index in [2.05, 4.69) is 5.16 Å². The van der Waals surface area contributed by atoms with Crippen LogP contribution >= 0.6 is 0 Å². The standard InChI is InChI=1S/C20H18N2O5/c1-25-22-20(17(23)11-21)16-5-3-2-4-14(16)12-26-15-8-6-13-7-9-19(24)27-18(13)10-15/h2-10H,11-12,21H2,1H3/b22-20+. The van der Waals surface area contributed by atoms with Gasteiger partial charge in [0.25, 0.3) is 0 Å². The number of oxime groups is 1. The third-order valence-electron chi connectivity index (χ3n) is 3.89. The highest BCUT2D eigenvalue weighted by molar-refractivity contribution is 6.47. The van der Waals surface area contributed by atoms with Crippen LogP contribution in [0.3, 0.4) is 0 Å². The third-order valence-corrected chi connectivity index (χ3v) is 3.89. The average molecular weight is 366 g/mol. The molecule has 138 valence electrons. The van der Waals surface area contributed by atoms with Gasteiger partial charge in [0.1, 0.15) is 25.0 Å². The van der Waals surface area contributed by atoms with Gasteiger partial charge in [-0.15, -0.1) is 0 Å². The zero-order valence-corrected chi connectivity index (χ0v) is 14.7. The highest BCUT2D eigenvalue weighted by Crippen LogP contribution is 2.21. The summed E-state index contributed by atoms with van der Waals surface area (Å²) < 4.78 is 11.0. The summed E-state index contributed by atoms with van der Waals surface area (Å²) in [7, 11) is 1.37. The number of rotatable bonds is 7. The molecular weight excluding hydrogens is 348 g/mol. The number of ketones is 1. The molecule has 0 bridgehead atoms. The lowest BCUT2D eigenvalue weighted by Gasteiger charge is -2.12. The van der Waals surface area contributed by atoms with E-state index in [4.69, 9.17) is 19.7 Å². The van der Waals surface area contributed by atoms with Crippen LogP contribution in [0.15, 0.2) is 69.0 Å². The van der Waals surface area contributed by atoms with Gasteiger partial charge in [0.2, 0.25) is 0 Å². The first-order valence-electron chi connectivity index (χ1n) is 8.22. The second-order valence-corrected chi connectivity index (χ2v) is 5.65. The number of hydrogen-bond acceptors (Lipinski definition) is 7. The van der Waals surface area contributed by atoms with Crippen LogP contribution in [-0.2, 0) is 16.2 Å². The summed E-state index contributed by atoms with van der Waals surface area (Å²) in [5, 5.41) is 4.61. The Morgan fingerprint density at radius 2 is 1.93 bits per heavy atom. The Morgan fingerprint density at radius 3 is 2.70 bits per heavy atom. The minimum absolute atomic E-state index is 0.142. The number of hydrogen-bond donors (Lipinski definition) is 1. The van der Waals surface area contributed by atoms with E-state index in [9.17, 15) is 9.59 Å². The molecule has 7 nitrogen and oxygen atoms in total. The second-order valence-electron chi connectivity index (χ2n) is 5.65. The van der Waals surface area contributed by atoms with E-state index >= 15 is 0 Å². The van der Waals surface area contributed by atoms with Crippen LogP contribution < -0.4 is 16.1 Å². The lowest BCUT2D eigenvalue weighted by Crippen LogP contribution is -2.25. The molecule has 2 aromatic carbocycles. The van der Waals surface area contributed by atoms with Crippen molar-refractivity contribution >= 4 is 22.5 Å². The van der Waals surface area contributed by atoms with Crippen LogP contribution in [0.25, 0.3) is 11.0 Å². The Kier molecular flexibility index (Phi) is 5.63. The smallest absolute Gasteiger partial charge is 0.336 e. The predicted octanol–water partition coefficient (Wildman–Crippen LogP) is 2.25. The number of carbonyl (C=O) groups is 1. The third kappa shape index (κ3) is 4.21. The molecule has 0 aliphatic carbocycles. The number of benzene rings is 2. The maximum Gasteiger partial charge on any atom is 0.336 e. The molecule has 0 amide bonds. The minimum Gasteiger partial charge on any atom is -0.489 e. The molecule has 0 spiro atoms. The molecule has 7 heteroatoms. The Morgan fingerprint density at radius 1 is 1.15 bits per heavy atom. The molecule has 0 aliphatic rings. The van der Waals surface area contributed by atoms with Crippen molar-refractivity contribution in [2.75, 3.05) is 13.7 Å². The zero-order chi connectivity index (χ0) is 19.2. The molecule has 0 unspecified atom stereocenters. The molecule has 1 aromatic heterocycles. The lowest BCUT2D eigenvalue weighted by atomic mass is 10.0. The van der Waals surface area contributed by atoms with Gasteiger partial charge in [0.15, 0.2) is 11.5 Å². The fourth-order valence-corrected chi connectivity index (χ4v) is 2.61. The molecule has 3 aromatic rings. The van der Waals surface area contributed by atoms with E-state index in [0.717, 1.165) is 10.9 Å². The van der Waals surface area contributed by atoms with Gasteiger partial charge in [0.05, 0.1) is 6.54 Å².